The Morgan fingerprint density at radius 1 is 1.71 bits per heavy atom. The Balaban J connectivity index is 1.80. The van der Waals surface area contributed by atoms with Crippen LogP contribution in [-0.4, -0.2) is 46.6 Å². The van der Waals surface area contributed by atoms with Crippen molar-refractivity contribution in [3.63, 3.8) is 0 Å². The summed E-state index contributed by atoms with van der Waals surface area (Å²) in [6.45, 7) is 4.94. The molecule has 2 rings (SSSR count). The number of carboxylic acids is 1. The topological polar surface area (TPSA) is 65.5 Å². The minimum absolute atomic E-state index is 0.129. The molecule has 0 aromatic carbocycles. The molecule has 1 aromatic heterocycles. The maximum absolute atomic E-state index is 10.8. The molecule has 0 radical (unpaired) electrons. The molecule has 94 valence electrons. The van der Waals surface area contributed by atoms with E-state index in [1.54, 1.807) is 5.51 Å². The van der Waals surface area contributed by atoms with Gasteiger partial charge in [0.25, 0.3) is 0 Å². The maximum atomic E-state index is 10.8. The SMILES string of the molecule is CCN(CCNc1scnc1C(=O)O)C1CC1. The number of anilines is 1. The van der Waals surface area contributed by atoms with Crippen molar-refractivity contribution in [3.8, 4) is 0 Å². The van der Waals surface area contributed by atoms with Crippen molar-refractivity contribution in [2.24, 2.45) is 0 Å². The third-order valence-electron chi connectivity index (χ3n) is 2.92. The minimum Gasteiger partial charge on any atom is -0.476 e. The zero-order valence-corrected chi connectivity index (χ0v) is 10.7. The molecular formula is C11H17N3O2S. The number of thiazole rings is 1. The molecule has 1 aliphatic carbocycles. The van der Waals surface area contributed by atoms with Gasteiger partial charge in [0.15, 0.2) is 5.69 Å². The lowest BCUT2D eigenvalue weighted by Gasteiger charge is -2.19. The second kappa shape index (κ2) is 5.46. The van der Waals surface area contributed by atoms with Crippen LogP contribution in [0.5, 0.6) is 0 Å². The van der Waals surface area contributed by atoms with Gasteiger partial charge in [0.2, 0.25) is 0 Å². The number of aromatic nitrogens is 1. The second-order valence-corrected chi connectivity index (χ2v) is 4.98. The molecule has 0 unspecified atom stereocenters. The van der Waals surface area contributed by atoms with Crippen molar-refractivity contribution >= 4 is 22.3 Å². The second-order valence-electron chi connectivity index (χ2n) is 4.12. The Kier molecular flexibility index (Phi) is 3.96. The fourth-order valence-corrected chi connectivity index (χ4v) is 2.58. The first-order chi connectivity index (χ1) is 8.22. The van der Waals surface area contributed by atoms with Gasteiger partial charge in [-0.1, -0.05) is 6.92 Å². The van der Waals surface area contributed by atoms with Crippen LogP contribution in [0, 0.1) is 0 Å². The molecule has 0 aliphatic heterocycles. The van der Waals surface area contributed by atoms with Crippen molar-refractivity contribution in [2.45, 2.75) is 25.8 Å². The van der Waals surface area contributed by atoms with Gasteiger partial charge in [-0.15, -0.1) is 11.3 Å². The van der Waals surface area contributed by atoms with Crippen LogP contribution in [0.2, 0.25) is 0 Å². The fraction of sp³-hybridized carbons (Fsp3) is 0.636. The van der Waals surface area contributed by atoms with Crippen LogP contribution in [-0.2, 0) is 0 Å². The van der Waals surface area contributed by atoms with E-state index < -0.39 is 5.97 Å². The van der Waals surface area contributed by atoms with Crippen LogP contribution in [0.1, 0.15) is 30.3 Å². The lowest BCUT2D eigenvalue weighted by Crippen LogP contribution is -2.30. The van der Waals surface area contributed by atoms with Crippen LogP contribution >= 0.6 is 11.3 Å². The summed E-state index contributed by atoms with van der Waals surface area (Å²) in [5, 5.41) is 12.7. The first-order valence-electron chi connectivity index (χ1n) is 5.87. The Hall–Kier alpha value is -1.14. The van der Waals surface area contributed by atoms with E-state index in [2.05, 4.69) is 22.1 Å². The number of hydrogen-bond donors (Lipinski definition) is 2. The Labute approximate surface area is 104 Å². The number of carbonyl (C=O) groups is 1. The summed E-state index contributed by atoms with van der Waals surface area (Å²) >= 11 is 1.34. The molecule has 0 bridgehead atoms. The summed E-state index contributed by atoms with van der Waals surface area (Å²) in [6.07, 6.45) is 2.60. The van der Waals surface area contributed by atoms with Gasteiger partial charge in [-0.25, -0.2) is 9.78 Å². The summed E-state index contributed by atoms with van der Waals surface area (Å²) in [4.78, 5) is 17.1. The van der Waals surface area contributed by atoms with Gasteiger partial charge in [0.1, 0.15) is 5.00 Å². The van der Waals surface area contributed by atoms with Crippen LogP contribution in [0.3, 0.4) is 0 Å². The third-order valence-corrected chi connectivity index (χ3v) is 3.71. The van der Waals surface area contributed by atoms with Crippen molar-refractivity contribution in [1.29, 1.82) is 0 Å². The van der Waals surface area contributed by atoms with E-state index in [0.717, 1.165) is 25.7 Å². The highest BCUT2D eigenvalue weighted by atomic mass is 32.1. The fourth-order valence-electron chi connectivity index (χ4n) is 1.88. The summed E-state index contributed by atoms with van der Waals surface area (Å²) in [5.41, 5.74) is 1.69. The molecule has 0 amide bonds. The molecule has 0 spiro atoms. The largest absolute Gasteiger partial charge is 0.476 e. The molecule has 1 fully saturated rings. The molecule has 1 saturated carbocycles. The van der Waals surface area contributed by atoms with E-state index in [4.69, 9.17) is 5.11 Å². The van der Waals surface area contributed by atoms with Gasteiger partial charge >= 0.3 is 5.97 Å². The van der Waals surface area contributed by atoms with E-state index in [1.807, 2.05) is 0 Å². The number of nitrogens with one attached hydrogen (secondary N) is 1. The monoisotopic (exact) mass is 255 g/mol. The molecule has 0 saturated heterocycles. The third kappa shape index (κ3) is 3.17. The standard InChI is InChI=1S/C11H17N3O2S/c1-2-14(8-3-4-8)6-5-12-10-9(11(15)16)13-7-17-10/h7-8,12H,2-6H2,1H3,(H,15,16). The molecule has 0 atom stereocenters. The molecule has 5 nitrogen and oxygen atoms in total. The van der Waals surface area contributed by atoms with Gasteiger partial charge in [0, 0.05) is 19.1 Å². The average molecular weight is 255 g/mol. The zero-order chi connectivity index (χ0) is 12.3. The summed E-state index contributed by atoms with van der Waals surface area (Å²) in [6, 6.07) is 0.752. The lowest BCUT2D eigenvalue weighted by molar-refractivity contribution is 0.0692. The van der Waals surface area contributed by atoms with E-state index in [0.29, 0.717) is 5.00 Å². The summed E-state index contributed by atoms with van der Waals surface area (Å²) < 4.78 is 0. The van der Waals surface area contributed by atoms with Gasteiger partial charge in [-0.2, -0.15) is 0 Å². The van der Waals surface area contributed by atoms with Gasteiger partial charge < -0.3 is 10.4 Å². The predicted molar refractivity (Wildman–Crippen MR) is 67.8 cm³/mol. The molecular weight excluding hydrogens is 238 g/mol. The van der Waals surface area contributed by atoms with Crippen molar-refractivity contribution in [1.82, 2.24) is 9.88 Å². The minimum atomic E-state index is -0.969. The van der Waals surface area contributed by atoms with E-state index in [1.165, 1.54) is 24.2 Å². The van der Waals surface area contributed by atoms with E-state index >= 15 is 0 Å². The summed E-state index contributed by atoms with van der Waals surface area (Å²) in [5.74, 6) is -0.969. The highest BCUT2D eigenvalue weighted by molar-refractivity contribution is 7.14. The first kappa shape index (κ1) is 12.3. The highest BCUT2D eigenvalue weighted by Crippen LogP contribution is 2.26. The van der Waals surface area contributed by atoms with Crippen molar-refractivity contribution < 1.29 is 9.90 Å². The molecule has 6 heteroatoms. The Morgan fingerprint density at radius 3 is 3.06 bits per heavy atom. The van der Waals surface area contributed by atoms with Crippen molar-refractivity contribution in [2.75, 3.05) is 25.0 Å². The number of likely N-dealkylation sites (N-methyl/N-ethyl adjacent to an activating group) is 1. The Bertz CT molecular complexity index is 390. The first-order valence-corrected chi connectivity index (χ1v) is 6.75. The smallest absolute Gasteiger partial charge is 0.357 e. The average Bonchev–Trinajstić information content (AvgIpc) is 3.03. The number of nitrogens with zero attached hydrogens (tertiary/aromatic N) is 2. The van der Waals surface area contributed by atoms with Crippen molar-refractivity contribution in [3.05, 3.63) is 11.2 Å². The molecule has 1 aromatic rings. The maximum Gasteiger partial charge on any atom is 0.357 e. The van der Waals surface area contributed by atoms with Gasteiger partial charge in [-0.05, 0) is 19.4 Å². The molecule has 1 heterocycles. The number of rotatable bonds is 7. The number of carboxylic acid groups (broad SMARTS) is 1. The zero-order valence-electron chi connectivity index (χ0n) is 9.85. The highest BCUT2D eigenvalue weighted by Gasteiger charge is 2.27. The predicted octanol–water partition coefficient (Wildman–Crippen LogP) is 1.74. The van der Waals surface area contributed by atoms with Crippen LogP contribution in [0.25, 0.3) is 0 Å². The number of aromatic carboxylic acids is 1. The van der Waals surface area contributed by atoms with Crippen LogP contribution in [0.4, 0.5) is 5.00 Å². The van der Waals surface area contributed by atoms with E-state index in [-0.39, 0.29) is 5.69 Å². The lowest BCUT2D eigenvalue weighted by atomic mass is 10.4. The van der Waals surface area contributed by atoms with Gasteiger partial charge in [-0.3, -0.25) is 4.90 Å². The molecule has 1 aliphatic rings. The quantitative estimate of drug-likeness (QED) is 0.777. The van der Waals surface area contributed by atoms with Crippen LogP contribution < -0.4 is 5.32 Å². The molecule has 17 heavy (non-hydrogen) atoms. The normalized spacial score (nSPS) is 15.2. The number of hydrogen-bond acceptors (Lipinski definition) is 5. The van der Waals surface area contributed by atoms with Gasteiger partial charge in [0.05, 0.1) is 5.51 Å². The van der Waals surface area contributed by atoms with Crippen LogP contribution in [0.15, 0.2) is 5.51 Å². The molecule has 2 N–H and O–H groups in total. The summed E-state index contributed by atoms with van der Waals surface area (Å²) in [7, 11) is 0. The van der Waals surface area contributed by atoms with E-state index in [9.17, 15) is 4.79 Å². The Morgan fingerprint density at radius 2 is 2.47 bits per heavy atom.